The van der Waals surface area contributed by atoms with Crippen molar-refractivity contribution in [3.8, 4) is 0 Å². The first kappa shape index (κ1) is 12.1. The quantitative estimate of drug-likeness (QED) is 0.923. The third-order valence-corrected chi connectivity index (χ3v) is 3.86. The summed E-state index contributed by atoms with van der Waals surface area (Å²) in [6.45, 7) is 2.95. The highest BCUT2D eigenvalue weighted by atomic mass is 79.9. The highest BCUT2D eigenvalue weighted by Crippen LogP contribution is 2.34. The number of aryl methyl sites for hydroxylation is 1. The molecule has 3 atom stereocenters. The van der Waals surface area contributed by atoms with Crippen molar-refractivity contribution in [1.82, 2.24) is 15.1 Å². The Bertz CT molecular complexity index is 347. The van der Waals surface area contributed by atoms with Crippen LogP contribution in [0.1, 0.15) is 25.1 Å². The summed E-state index contributed by atoms with van der Waals surface area (Å²) in [5, 5.41) is 7.64. The molecule has 2 rings (SSSR count). The summed E-state index contributed by atoms with van der Waals surface area (Å²) in [4.78, 5) is 0. The number of nitrogens with zero attached hydrogens (tertiary/aromatic N) is 2. The molecule has 1 aliphatic rings. The highest BCUT2D eigenvalue weighted by molar-refractivity contribution is 9.10. The number of hydrogen-bond donors (Lipinski definition) is 1. The van der Waals surface area contributed by atoms with E-state index in [1.54, 1.807) is 0 Å². The Morgan fingerprint density at radius 2 is 2.44 bits per heavy atom. The number of rotatable bonds is 3. The summed E-state index contributed by atoms with van der Waals surface area (Å²) in [5.41, 5.74) is 1.20. The third-order valence-electron chi connectivity index (χ3n) is 3.24. The number of nitrogens with one attached hydrogen (secondary N) is 1. The number of aromatic nitrogens is 2. The summed E-state index contributed by atoms with van der Waals surface area (Å²) in [7, 11) is 3.97. The standard InChI is InChI=1S/C11H18BrN3O/c1-7-4-8(6-16-7)10(13-2)11-9(12)5-14-15(11)3/h5,7-8,10,13H,4,6H2,1-3H3. The third kappa shape index (κ3) is 2.17. The van der Waals surface area contributed by atoms with Crippen molar-refractivity contribution in [3.63, 3.8) is 0 Å². The largest absolute Gasteiger partial charge is 0.378 e. The number of halogens is 1. The SMILES string of the molecule is CNC(c1c(Br)cnn1C)C1COC(C)C1. The van der Waals surface area contributed by atoms with Gasteiger partial charge in [0.1, 0.15) is 0 Å². The van der Waals surface area contributed by atoms with Gasteiger partial charge < -0.3 is 10.1 Å². The second-order valence-corrected chi connectivity index (χ2v) is 5.26. The molecule has 0 radical (unpaired) electrons. The average Bonchev–Trinajstić information content (AvgIpc) is 2.80. The first-order valence-electron chi connectivity index (χ1n) is 5.59. The Labute approximate surface area is 104 Å². The monoisotopic (exact) mass is 287 g/mol. The maximum absolute atomic E-state index is 5.64. The van der Waals surface area contributed by atoms with E-state index in [-0.39, 0.29) is 0 Å². The zero-order chi connectivity index (χ0) is 11.7. The number of hydrogen-bond acceptors (Lipinski definition) is 3. The summed E-state index contributed by atoms with van der Waals surface area (Å²) < 4.78 is 8.63. The molecule has 5 heteroatoms. The van der Waals surface area contributed by atoms with Gasteiger partial charge in [-0.05, 0) is 36.3 Å². The molecule has 0 amide bonds. The molecule has 0 aliphatic carbocycles. The van der Waals surface area contributed by atoms with Crippen LogP contribution in [0, 0.1) is 5.92 Å². The predicted molar refractivity (Wildman–Crippen MR) is 66.2 cm³/mol. The summed E-state index contributed by atoms with van der Waals surface area (Å²) in [6, 6.07) is 0.298. The smallest absolute Gasteiger partial charge is 0.0695 e. The van der Waals surface area contributed by atoms with E-state index in [4.69, 9.17) is 4.74 Å². The fourth-order valence-corrected chi connectivity index (χ4v) is 3.04. The van der Waals surface area contributed by atoms with Crippen molar-refractivity contribution >= 4 is 15.9 Å². The highest BCUT2D eigenvalue weighted by Gasteiger charge is 2.32. The van der Waals surface area contributed by atoms with Gasteiger partial charge in [0, 0.05) is 13.0 Å². The molecule has 1 N–H and O–H groups in total. The van der Waals surface area contributed by atoms with Crippen LogP contribution in [0.5, 0.6) is 0 Å². The fourth-order valence-electron chi connectivity index (χ4n) is 2.45. The summed E-state index contributed by atoms with van der Waals surface area (Å²) >= 11 is 3.56. The van der Waals surface area contributed by atoms with E-state index in [1.807, 2.05) is 25.0 Å². The topological polar surface area (TPSA) is 39.1 Å². The summed E-state index contributed by atoms with van der Waals surface area (Å²) in [5.74, 6) is 0.520. The lowest BCUT2D eigenvalue weighted by Crippen LogP contribution is -2.28. The van der Waals surface area contributed by atoms with Gasteiger partial charge in [-0.3, -0.25) is 4.68 Å². The molecule has 0 bridgehead atoms. The van der Waals surface area contributed by atoms with Crippen molar-refractivity contribution in [2.45, 2.75) is 25.5 Å². The van der Waals surface area contributed by atoms with E-state index >= 15 is 0 Å². The molecule has 0 aromatic carbocycles. The minimum Gasteiger partial charge on any atom is -0.378 e. The van der Waals surface area contributed by atoms with Crippen molar-refractivity contribution in [2.75, 3.05) is 13.7 Å². The van der Waals surface area contributed by atoms with Crippen LogP contribution in [0.2, 0.25) is 0 Å². The van der Waals surface area contributed by atoms with Crippen molar-refractivity contribution in [1.29, 1.82) is 0 Å². The van der Waals surface area contributed by atoms with Crippen LogP contribution in [0.4, 0.5) is 0 Å². The van der Waals surface area contributed by atoms with Crippen LogP contribution in [0.25, 0.3) is 0 Å². The van der Waals surface area contributed by atoms with Gasteiger partial charge in [-0.25, -0.2) is 0 Å². The first-order valence-corrected chi connectivity index (χ1v) is 6.39. The molecule has 0 saturated carbocycles. The van der Waals surface area contributed by atoms with E-state index in [2.05, 4.69) is 33.3 Å². The van der Waals surface area contributed by atoms with E-state index < -0.39 is 0 Å². The van der Waals surface area contributed by atoms with Gasteiger partial charge in [0.15, 0.2) is 0 Å². The molecule has 3 unspecified atom stereocenters. The van der Waals surface area contributed by atoms with Gasteiger partial charge in [-0.2, -0.15) is 5.10 Å². The molecule has 1 aliphatic heterocycles. The van der Waals surface area contributed by atoms with Crippen LogP contribution in [0.15, 0.2) is 10.7 Å². The Hall–Kier alpha value is -0.390. The lowest BCUT2D eigenvalue weighted by molar-refractivity contribution is 0.117. The molecule has 2 heterocycles. The van der Waals surface area contributed by atoms with Gasteiger partial charge in [0.25, 0.3) is 0 Å². The van der Waals surface area contributed by atoms with E-state index in [0.29, 0.717) is 18.1 Å². The van der Waals surface area contributed by atoms with Crippen LogP contribution in [0.3, 0.4) is 0 Å². The average molecular weight is 288 g/mol. The van der Waals surface area contributed by atoms with Crippen molar-refractivity contribution < 1.29 is 4.74 Å². The molecular weight excluding hydrogens is 270 g/mol. The second-order valence-electron chi connectivity index (χ2n) is 4.41. The van der Waals surface area contributed by atoms with Crippen LogP contribution >= 0.6 is 15.9 Å². The Kier molecular flexibility index (Phi) is 3.66. The minimum atomic E-state index is 0.298. The molecule has 1 saturated heterocycles. The van der Waals surface area contributed by atoms with Gasteiger partial charge in [-0.1, -0.05) is 0 Å². The van der Waals surface area contributed by atoms with Crippen LogP contribution in [-0.2, 0) is 11.8 Å². The van der Waals surface area contributed by atoms with Gasteiger partial charge in [0.05, 0.1) is 35.1 Å². The Morgan fingerprint density at radius 3 is 2.88 bits per heavy atom. The number of ether oxygens (including phenoxy) is 1. The van der Waals surface area contributed by atoms with E-state index in [9.17, 15) is 0 Å². The molecule has 4 nitrogen and oxygen atoms in total. The van der Waals surface area contributed by atoms with Crippen LogP contribution < -0.4 is 5.32 Å². The zero-order valence-corrected chi connectivity index (χ0v) is 11.5. The Morgan fingerprint density at radius 1 is 1.69 bits per heavy atom. The van der Waals surface area contributed by atoms with Gasteiger partial charge in [0.2, 0.25) is 0 Å². The molecule has 16 heavy (non-hydrogen) atoms. The van der Waals surface area contributed by atoms with E-state index in [1.165, 1.54) is 5.69 Å². The summed E-state index contributed by atoms with van der Waals surface area (Å²) in [6.07, 6.45) is 3.31. The van der Waals surface area contributed by atoms with E-state index in [0.717, 1.165) is 17.5 Å². The fraction of sp³-hybridized carbons (Fsp3) is 0.727. The lowest BCUT2D eigenvalue weighted by Gasteiger charge is -2.22. The van der Waals surface area contributed by atoms with Crippen molar-refractivity contribution in [3.05, 3.63) is 16.4 Å². The lowest BCUT2D eigenvalue weighted by atomic mass is 9.94. The minimum absolute atomic E-state index is 0.298. The van der Waals surface area contributed by atoms with Crippen LogP contribution in [-0.4, -0.2) is 29.5 Å². The Balaban J connectivity index is 2.22. The predicted octanol–water partition coefficient (Wildman–Crippen LogP) is 1.87. The maximum Gasteiger partial charge on any atom is 0.0695 e. The molecule has 90 valence electrons. The van der Waals surface area contributed by atoms with Gasteiger partial charge in [-0.15, -0.1) is 0 Å². The molecule has 1 fully saturated rings. The molecule has 1 aromatic rings. The van der Waals surface area contributed by atoms with Gasteiger partial charge >= 0.3 is 0 Å². The molecule has 0 spiro atoms. The maximum atomic E-state index is 5.64. The molecular formula is C11H18BrN3O. The van der Waals surface area contributed by atoms with Crippen molar-refractivity contribution in [2.24, 2.45) is 13.0 Å². The first-order chi connectivity index (χ1) is 7.63. The normalized spacial score (nSPS) is 27.2. The molecule has 1 aromatic heterocycles. The zero-order valence-electron chi connectivity index (χ0n) is 9.90. The second kappa shape index (κ2) is 4.85.